The molecule has 2 N–H and O–H groups in total. The predicted molar refractivity (Wildman–Crippen MR) is 82.0 cm³/mol. The summed E-state index contributed by atoms with van der Waals surface area (Å²) in [5.74, 6) is 2.43. The molecule has 0 saturated carbocycles. The molecule has 0 spiro atoms. The lowest BCUT2D eigenvalue weighted by atomic mass is 10.0. The highest BCUT2D eigenvalue weighted by atomic mass is 79.9. The van der Waals surface area contributed by atoms with Gasteiger partial charge < -0.3 is 15.2 Å². The average Bonchev–Trinajstić information content (AvgIpc) is 3.08. The predicted octanol–water partition coefficient (Wildman–Crippen LogP) is 2.91. The van der Waals surface area contributed by atoms with Crippen LogP contribution in [0.15, 0.2) is 16.6 Å². The van der Waals surface area contributed by atoms with Gasteiger partial charge in [-0.1, -0.05) is 13.3 Å². The summed E-state index contributed by atoms with van der Waals surface area (Å²) in [4.78, 5) is 2.50. The van der Waals surface area contributed by atoms with Crippen molar-refractivity contribution in [3.05, 3.63) is 22.2 Å². The monoisotopic (exact) mass is 340 g/mol. The van der Waals surface area contributed by atoms with Crippen LogP contribution in [0.1, 0.15) is 31.4 Å². The first-order valence-corrected chi connectivity index (χ1v) is 8.05. The van der Waals surface area contributed by atoms with Gasteiger partial charge in [0.1, 0.15) is 0 Å². The largest absolute Gasteiger partial charge is 0.454 e. The zero-order valence-electron chi connectivity index (χ0n) is 11.8. The molecule has 20 heavy (non-hydrogen) atoms. The summed E-state index contributed by atoms with van der Waals surface area (Å²) >= 11 is 3.57. The van der Waals surface area contributed by atoms with Gasteiger partial charge in [-0.05, 0) is 52.5 Å². The molecule has 0 aliphatic carbocycles. The Morgan fingerprint density at radius 2 is 2.30 bits per heavy atom. The van der Waals surface area contributed by atoms with Crippen molar-refractivity contribution in [2.24, 2.45) is 11.7 Å². The Kier molecular flexibility index (Phi) is 4.19. The Morgan fingerprint density at radius 3 is 3.00 bits per heavy atom. The Labute approximate surface area is 128 Å². The second kappa shape index (κ2) is 5.92. The van der Waals surface area contributed by atoms with Crippen molar-refractivity contribution >= 4 is 15.9 Å². The van der Waals surface area contributed by atoms with E-state index in [1.807, 2.05) is 0 Å². The number of hydrogen-bond donors (Lipinski definition) is 1. The Bertz CT molecular complexity index is 495. The van der Waals surface area contributed by atoms with Crippen LogP contribution in [-0.4, -0.2) is 31.3 Å². The smallest absolute Gasteiger partial charge is 0.231 e. The van der Waals surface area contributed by atoms with Crippen LogP contribution in [0.2, 0.25) is 0 Å². The van der Waals surface area contributed by atoms with E-state index in [0.29, 0.717) is 13.3 Å². The quantitative estimate of drug-likeness (QED) is 0.915. The molecule has 2 heterocycles. The second-order valence-corrected chi connectivity index (χ2v) is 6.40. The number of nitrogens with zero attached hydrogens (tertiary/aromatic N) is 1. The van der Waals surface area contributed by atoms with E-state index in [2.05, 4.69) is 39.9 Å². The molecule has 0 radical (unpaired) electrons. The van der Waals surface area contributed by atoms with E-state index in [0.717, 1.165) is 35.0 Å². The third-order valence-electron chi connectivity index (χ3n) is 4.39. The molecule has 3 rings (SSSR count). The van der Waals surface area contributed by atoms with Gasteiger partial charge in [-0.25, -0.2) is 0 Å². The standard InChI is InChI=1S/C15H21BrN2O2/c1-2-10-3-4-18(8-10)13(7-17)11-5-12(16)15-14(6-11)19-9-20-15/h5-6,10,13H,2-4,7-9,17H2,1H3. The molecule has 4 nitrogen and oxygen atoms in total. The molecule has 5 heteroatoms. The Morgan fingerprint density at radius 1 is 1.45 bits per heavy atom. The maximum absolute atomic E-state index is 6.04. The lowest BCUT2D eigenvalue weighted by molar-refractivity contribution is 0.173. The minimum Gasteiger partial charge on any atom is -0.454 e. The fourth-order valence-electron chi connectivity index (χ4n) is 3.15. The summed E-state index contributed by atoms with van der Waals surface area (Å²) in [7, 11) is 0. The number of fused-ring (bicyclic) bond motifs is 1. The van der Waals surface area contributed by atoms with Gasteiger partial charge in [-0.3, -0.25) is 4.90 Å². The number of hydrogen-bond acceptors (Lipinski definition) is 4. The van der Waals surface area contributed by atoms with Gasteiger partial charge >= 0.3 is 0 Å². The molecular formula is C15H21BrN2O2. The molecular weight excluding hydrogens is 320 g/mol. The van der Waals surface area contributed by atoms with Crippen LogP contribution < -0.4 is 15.2 Å². The van der Waals surface area contributed by atoms with Gasteiger partial charge in [-0.15, -0.1) is 0 Å². The van der Waals surface area contributed by atoms with Crippen molar-refractivity contribution in [3.63, 3.8) is 0 Å². The van der Waals surface area contributed by atoms with Gasteiger partial charge in [0.05, 0.1) is 4.47 Å². The topological polar surface area (TPSA) is 47.7 Å². The maximum atomic E-state index is 6.04. The fraction of sp³-hybridized carbons (Fsp3) is 0.600. The lowest BCUT2D eigenvalue weighted by Crippen LogP contribution is -2.32. The molecule has 1 aromatic rings. The van der Waals surface area contributed by atoms with Crippen molar-refractivity contribution in [2.75, 3.05) is 26.4 Å². The molecule has 2 atom stereocenters. The van der Waals surface area contributed by atoms with Crippen molar-refractivity contribution in [3.8, 4) is 11.5 Å². The average molecular weight is 341 g/mol. The van der Waals surface area contributed by atoms with Crippen LogP contribution in [0.4, 0.5) is 0 Å². The highest BCUT2D eigenvalue weighted by molar-refractivity contribution is 9.10. The highest BCUT2D eigenvalue weighted by Gasteiger charge is 2.29. The number of benzene rings is 1. The molecule has 0 amide bonds. The van der Waals surface area contributed by atoms with E-state index >= 15 is 0 Å². The SMILES string of the molecule is CCC1CCN(C(CN)c2cc(Br)c3c(c2)OCO3)C1. The zero-order chi connectivity index (χ0) is 14.1. The first-order valence-electron chi connectivity index (χ1n) is 7.26. The summed E-state index contributed by atoms with van der Waals surface area (Å²) in [5, 5.41) is 0. The van der Waals surface area contributed by atoms with Gasteiger partial charge in [0.25, 0.3) is 0 Å². The summed E-state index contributed by atoms with van der Waals surface area (Å²) in [6.45, 7) is 5.47. The molecule has 0 aromatic heterocycles. The van der Waals surface area contributed by atoms with E-state index < -0.39 is 0 Å². The van der Waals surface area contributed by atoms with Gasteiger partial charge in [0.15, 0.2) is 11.5 Å². The van der Waals surface area contributed by atoms with Crippen molar-refractivity contribution in [2.45, 2.75) is 25.8 Å². The first kappa shape index (κ1) is 14.2. The Hall–Kier alpha value is -0.780. The summed E-state index contributed by atoms with van der Waals surface area (Å²) < 4.78 is 11.9. The van der Waals surface area contributed by atoms with Crippen molar-refractivity contribution in [1.29, 1.82) is 0 Å². The van der Waals surface area contributed by atoms with Crippen molar-refractivity contribution < 1.29 is 9.47 Å². The molecule has 2 unspecified atom stereocenters. The molecule has 2 aliphatic rings. The summed E-state index contributed by atoms with van der Waals surface area (Å²) in [6, 6.07) is 4.45. The third-order valence-corrected chi connectivity index (χ3v) is 4.98. The van der Waals surface area contributed by atoms with Gasteiger partial charge in [-0.2, -0.15) is 0 Å². The molecule has 1 saturated heterocycles. The number of nitrogens with two attached hydrogens (primary N) is 1. The number of likely N-dealkylation sites (tertiary alicyclic amines) is 1. The molecule has 2 aliphatic heterocycles. The minimum absolute atomic E-state index is 0.261. The molecule has 1 aromatic carbocycles. The van der Waals surface area contributed by atoms with Crippen LogP contribution in [0.3, 0.4) is 0 Å². The van der Waals surface area contributed by atoms with E-state index in [4.69, 9.17) is 15.2 Å². The normalized spacial score (nSPS) is 23.2. The van der Waals surface area contributed by atoms with E-state index in [1.165, 1.54) is 18.4 Å². The highest BCUT2D eigenvalue weighted by Crippen LogP contribution is 2.42. The van der Waals surface area contributed by atoms with Crippen LogP contribution in [0.5, 0.6) is 11.5 Å². The van der Waals surface area contributed by atoms with E-state index in [1.54, 1.807) is 0 Å². The fourth-order valence-corrected chi connectivity index (χ4v) is 3.73. The Balaban J connectivity index is 1.85. The van der Waals surface area contributed by atoms with Crippen LogP contribution in [0.25, 0.3) is 0 Å². The minimum atomic E-state index is 0.261. The van der Waals surface area contributed by atoms with Crippen molar-refractivity contribution in [1.82, 2.24) is 4.90 Å². The summed E-state index contributed by atoms with van der Waals surface area (Å²) in [6.07, 6.45) is 2.53. The molecule has 110 valence electrons. The van der Waals surface area contributed by atoms with E-state index in [9.17, 15) is 0 Å². The molecule has 0 bridgehead atoms. The molecule has 1 fully saturated rings. The number of halogens is 1. The van der Waals surface area contributed by atoms with Gasteiger partial charge in [0.2, 0.25) is 6.79 Å². The third kappa shape index (κ3) is 2.54. The first-order chi connectivity index (χ1) is 9.72. The maximum Gasteiger partial charge on any atom is 0.231 e. The number of ether oxygens (including phenoxy) is 2. The number of rotatable bonds is 4. The van der Waals surface area contributed by atoms with Crippen LogP contribution in [-0.2, 0) is 0 Å². The van der Waals surface area contributed by atoms with Gasteiger partial charge in [0, 0.05) is 19.1 Å². The lowest BCUT2D eigenvalue weighted by Gasteiger charge is -2.27. The van der Waals surface area contributed by atoms with Crippen LogP contribution >= 0.6 is 15.9 Å². The van der Waals surface area contributed by atoms with E-state index in [-0.39, 0.29) is 6.04 Å². The summed E-state index contributed by atoms with van der Waals surface area (Å²) in [5.41, 5.74) is 7.25. The zero-order valence-corrected chi connectivity index (χ0v) is 13.4. The second-order valence-electron chi connectivity index (χ2n) is 5.55. The van der Waals surface area contributed by atoms with Crippen LogP contribution in [0, 0.1) is 5.92 Å².